The third-order valence-electron chi connectivity index (χ3n) is 3.81. The number of nitriles is 1. The minimum absolute atomic E-state index is 0.160. The monoisotopic (exact) mass is 363 g/mol. The lowest BCUT2D eigenvalue weighted by atomic mass is 10.2. The molecule has 1 heterocycles. The third-order valence-corrected chi connectivity index (χ3v) is 5.72. The van der Waals surface area contributed by atoms with Gasteiger partial charge < -0.3 is 10.1 Å². The lowest BCUT2D eigenvalue weighted by Crippen LogP contribution is -2.35. The summed E-state index contributed by atoms with van der Waals surface area (Å²) < 4.78 is 31.4. The highest BCUT2D eigenvalue weighted by Crippen LogP contribution is 2.22. The summed E-state index contributed by atoms with van der Waals surface area (Å²) in [5, 5.41) is 11.8. The number of nitrogens with one attached hydrogen (secondary N) is 1. The van der Waals surface area contributed by atoms with E-state index in [4.69, 9.17) is 10.00 Å². The Morgan fingerprint density at radius 1 is 1.28 bits per heavy atom. The normalized spacial score (nSPS) is 16.1. The molecule has 0 atom stereocenters. The van der Waals surface area contributed by atoms with Crippen LogP contribution in [0, 0.1) is 11.3 Å². The van der Waals surface area contributed by atoms with Crippen LogP contribution in [0.4, 0.5) is 5.69 Å². The van der Waals surface area contributed by atoms with Gasteiger partial charge >= 0.3 is 5.97 Å². The SMILES string of the molecule is CCOC(=O)/C(C#N)=C\Nc1ccc(S(=O)(=O)N2CCCCC2)cc1. The van der Waals surface area contributed by atoms with Crippen molar-refractivity contribution in [2.24, 2.45) is 0 Å². The molecule has 0 bridgehead atoms. The van der Waals surface area contributed by atoms with Crippen molar-refractivity contribution in [2.45, 2.75) is 31.1 Å². The maximum absolute atomic E-state index is 12.6. The van der Waals surface area contributed by atoms with Crippen molar-refractivity contribution in [3.8, 4) is 6.07 Å². The zero-order valence-electron chi connectivity index (χ0n) is 14.1. The highest BCUT2D eigenvalue weighted by molar-refractivity contribution is 7.89. The smallest absolute Gasteiger partial charge is 0.350 e. The van der Waals surface area contributed by atoms with Gasteiger partial charge in [0.15, 0.2) is 5.57 Å². The van der Waals surface area contributed by atoms with E-state index < -0.39 is 16.0 Å². The number of carbonyl (C=O) groups excluding carboxylic acids is 1. The molecule has 0 spiro atoms. The molecule has 25 heavy (non-hydrogen) atoms. The van der Waals surface area contributed by atoms with Crippen molar-refractivity contribution >= 4 is 21.7 Å². The molecular weight excluding hydrogens is 342 g/mol. The first-order chi connectivity index (χ1) is 12.0. The first-order valence-corrected chi connectivity index (χ1v) is 9.57. The van der Waals surface area contributed by atoms with Crippen LogP contribution in [-0.4, -0.2) is 38.4 Å². The Hall–Kier alpha value is -2.37. The predicted molar refractivity (Wildman–Crippen MR) is 93.0 cm³/mol. The highest BCUT2D eigenvalue weighted by atomic mass is 32.2. The molecule has 0 saturated carbocycles. The fourth-order valence-corrected chi connectivity index (χ4v) is 4.00. The Morgan fingerprint density at radius 2 is 1.92 bits per heavy atom. The molecule has 1 saturated heterocycles. The van der Waals surface area contributed by atoms with Gasteiger partial charge in [-0.15, -0.1) is 0 Å². The van der Waals surface area contributed by atoms with Gasteiger partial charge in [0, 0.05) is 25.0 Å². The molecule has 0 amide bonds. The van der Waals surface area contributed by atoms with Crippen LogP contribution < -0.4 is 5.32 Å². The number of anilines is 1. The maximum atomic E-state index is 12.6. The van der Waals surface area contributed by atoms with Crippen LogP contribution in [0.15, 0.2) is 40.9 Å². The van der Waals surface area contributed by atoms with Crippen molar-refractivity contribution in [3.63, 3.8) is 0 Å². The van der Waals surface area contributed by atoms with Crippen molar-refractivity contribution in [2.75, 3.05) is 25.0 Å². The summed E-state index contributed by atoms with van der Waals surface area (Å²) in [5.74, 6) is -0.707. The Morgan fingerprint density at radius 3 is 2.48 bits per heavy atom. The van der Waals surface area contributed by atoms with Crippen LogP contribution >= 0.6 is 0 Å². The Bertz CT molecular complexity index is 773. The molecule has 1 aliphatic heterocycles. The number of nitrogens with zero attached hydrogens (tertiary/aromatic N) is 2. The molecule has 1 aliphatic rings. The molecule has 1 N–H and O–H groups in total. The fourth-order valence-electron chi connectivity index (χ4n) is 2.48. The van der Waals surface area contributed by atoms with E-state index in [1.165, 1.54) is 22.6 Å². The number of rotatable bonds is 6. The van der Waals surface area contributed by atoms with Crippen molar-refractivity contribution in [3.05, 3.63) is 36.0 Å². The van der Waals surface area contributed by atoms with Crippen LogP contribution in [0.3, 0.4) is 0 Å². The summed E-state index contributed by atoms with van der Waals surface area (Å²) in [6, 6.07) is 7.96. The topological polar surface area (TPSA) is 99.5 Å². The zero-order chi connectivity index (χ0) is 18.3. The molecule has 8 heteroatoms. The van der Waals surface area contributed by atoms with Crippen molar-refractivity contribution in [1.82, 2.24) is 4.31 Å². The first-order valence-electron chi connectivity index (χ1n) is 8.13. The van der Waals surface area contributed by atoms with E-state index in [-0.39, 0.29) is 17.1 Å². The van der Waals surface area contributed by atoms with Gasteiger partial charge in [-0.2, -0.15) is 9.57 Å². The Balaban J connectivity index is 2.09. The van der Waals surface area contributed by atoms with Crippen LogP contribution in [0.25, 0.3) is 0 Å². The Labute approximate surface area is 147 Å². The van der Waals surface area contributed by atoms with Gasteiger partial charge in [-0.25, -0.2) is 13.2 Å². The minimum Gasteiger partial charge on any atom is -0.462 e. The number of benzene rings is 1. The third kappa shape index (κ3) is 4.81. The largest absolute Gasteiger partial charge is 0.462 e. The lowest BCUT2D eigenvalue weighted by molar-refractivity contribution is -0.138. The van der Waals surface area contributed by atoms with Crippen molar-refractivity contribution < 1.29 is 17.9 Å². The Kier molecular flexibility index (Phi) is 6.56. The predicted octanol–water partition coefficient (Wildman–Crippen LogP) is 2.24. The minimum atomic E-state index is -3.47. The van der Waals surface area contributed by atoms with E-state index in [1.54, 1.807) is 25.1 Å². The molecular formula is C17H21N3O4S. The van der Waals surface area contributed by atoms with E-state index in [0.717, 1.165) is 19.3 Å². The van der Waals surface area contributed by atoms with Gasteiger partial charge in [0.05, 0.1) is 11.5 Å². The van der Waals surface area contributed by atoms with Gasteiger partial charge in [-0.3, -0.25) is 0 Å². The summed E-state index contributed by atoms with van der Waals surface area (Å²) in [5.41, 5.74) is 0.404. The van der Waals surface area contributed by atoms with Gasteiger partial charge in [0.25, 0.3) is 0 Å². The quantitative estimate of drug-likeness (QED) is 0.473. The van der Waals surface area contributed by atoms with Crippen LogP contribution in [0.5, 0.6) is 0 Å². The van der Waals surface area contributed by atoms with E-state index in [9.17, 15) is 13.2 Å². The van der Waals surface area contributed by atoms with Gasteiger partial charge in [0.1, 0.15) is 6.07 Å². The molecule has 1 aromatic rings. The number of carbonyl (C=O) groups is 1. The second kappa shape index (κ2) is 8.65. The molecule has 2 rings (SSSR count). The zero-order valence-corrected chi connectivity index (χ0v) is 14.9. The lowest BCUT2D eigenvalue weighted by Gasteiger charge is -2.25. The summed E-state index contributed by atoms with van der Waals surface area (Å²) in [7, 11) is -3.47. The number of ether oxygens (including phenoxy) is 1. The fraction of sp³-hybridized carbons (Fsp3) is 0.412. The van der Waals surface area contributed by atoms with Crippen LogP contribution in [0.2, 0.25) is 0 Å². The molecule has 1 aromatic carbocycles. The molecule has 0 radical (unpaired) electrons. The summed E-state index contributed by atoms with van der Waals surface area (Å²) >= 11 is 0. The molecule has 134 valence electrons. The van der Waals surface area contributed by atoms with Crippen LogP contribution in [0.1, 0.15) is 26.2 Å². The van der Waals surface area contributed by atoms with E-state index >= 15 is 0 Å². The maximum Gasteiger partial charge on any atom is 0.350 e. The highest BCUT2D eigenvalue weighted by Gasteiger charge is 2.25. The molecule has 0 aromatic heterocycles. The molecule has 1 fully saturated rings. The van der Waals surface area contributed by atoms with Crippen LogP contribution in [-0.2, 0) is 19.6 Å². The summed E-state index contributed by atoms with van der Waals surface area (Å²) in [6.07, 6.45) is 4.07. The number of piperidine rings is 1. The van der Waals surface area contributed by atoms with Gasteiger partial charge in [-0.05, 0) is 44.0 Å². The van der Waals surface area contributed by atoms with E-state index in [2.05, 4.69) is 5.32 Å². The van der Waals surface area contributed by atoms with Gasteiger partial charge in [-0.1, -0.05) is 6.42 Å². The van der Waals surface area contributed by atoms with E-state index in [0.29, 0.717) is 18.8 Å². The number of hydrogen-bond acceptors (Lipinski definition) is 6. The van der Waals surface area contributed by atoms with Gasteiger partial charge in [0.2, 0.25) is 10.0 Å². The van der Waals surface area contributed by atoms with Crippen molar-refractivity contribution in [1.29, 1.82) is 5.26 Å². The molecule has 0 unspecified atom stereocenters. The summed E-state index contributed by atoms with van der Waals surface area (Å²) in [4.78, 5) is 11.7. The van der Waals surface area contributed by atoms with E-state index in [1.807, 2.05) is 0 Å². The first kappa shape index (κ1) is 19.0. The summed E-state index contributed by atoms with van der Waals surface area (Å²) in [6.45, 7) is 2.94. The molecule has 0 aliphatic carbocycles. The second-order valence-corrected chi connectivity index (χ2v) is 7.46. The average molecular weight is 363 g/mol. The molecule has 7 nitrogen and oxygen atoms in total. The number of sulfonamides is 1. The average Bonchev–Trinajstić information content (AvgIpc) is 2.63. The standard InChI is InChI=1S/C17H21N3O4S/c1-2-24-17(21)14(12-18)13-19-15-6-8-16(9-7-15)25(22,23)20-10-4-3-5-11-20/h6-9,13,19H,2-5,10-11H2,1H3/b14-13-. The second-order valence-electron chi connectivity index (χ2n) is 5.52. The number of hydrogen-bond donors (Lipinski definition) is 1. The number of esters is 1.